The highest BCUT2D eigenvalue weighted by Crippen LogP contribution is 2.22. The van der Waals surface area contributed by atoms with Crippen LogP contribution in [0.2, 0.25) is 0 Å². The molecule has 0 aromatic heterocycles. The van der Waals surface area contributed by atoms with Gasteiger partial charge in [-0.05, 0) is 24.1 Å². The second-order valence-corrected chi connectivity index (χ2v) is 3.87. The molecule has 0 saturated heterocycles. The Hall–Kier alpha value is -0.860. The van der Waals surface area contributed by atoms with E-state index in [0.717, 1.165) is 19.5 Å². The van der Waals surface area contributed by atoms with Gasteiger partial charge in [0.05, 0.1) is 6.61 Å². The molecule has 1 N–H and O–H groups in total. The molecular formula is C12H17NO. The summed E-state index contributed by atoms with van der Waals surface area (Å²) >= 11 is 0. The summed E-state index contributed by atoms with van der Waals surface area (Å²) in [5.74, 6) is 0. The van der Waals surface area contributed by atoms with Gasteiger partial charge in [0.1, 0.15) is 0 Å². The third-order valence-corrected chi connectivity index (χ3v) is 3.08. The number of likely N-dealkylation sites (N-methyl/N-ethyl adjacent to an activating group) is 1. The molecule has 0 aliphatic carbocycles. The molecule has 0 bridgehead atoms. The predicted molar refractivity (Wildman–Crippen MR) is 57.1 cm³/mol. The lowest BCUT2D eigenvalue weighted by molar-refractivity contribution is 0.112. The number of benzene rings is 1. The van der Waals surface area contributed by atoms with Gasteiger partial charge >= 0.3 is 0 Å². The molecule has 1 aromatic carbocycles. The lowest BCUT2D eigenvalue weighted by Crippen LogP contribution is -2.42. The van der Waals surface area contributed by atoms with E-state index in [-0.39, 0.29) is 6.61 Å². The molecule has 0 fully saturated rings. The first-order valence-corrected chi connectivity index (χ1v) is 5.26. The van der Waals surface area contributed by atoms with Crippen LogP contribution in [-0.2, 0) is 13.0 Å². The summed E-state index contributed by atoms with van der Waals surface area (Å²) in [6.45, 7) is 4.41. The summed E-state index contributed by atoms with van der Waals surface area (Å²) in [6.07, 6.45) is 0.987. The molecule has 1 aliphatic heterocycles. The number of hydrogen-bond acceptors (Lipinski definition) is 2. The van der Waals surface area contributed by atoms with Crippen LogP contribution in [0, 0.1) is 0 Å². The normalized spacial score (nSPS) is 22.0. The van der Waals surface area contributed by atoms with Crippen LogP contribution in [0.1, 0.15) is 18.1 Å². The van der Waals surface area contributed by atoms with E-state index in [1.807, 2.05) is 0 Å². The highest BCUT2D eigenvalue weighted by molar-refractivity contribution is 5.30. The Morgan fingerprint density at radius 3 is 2.71 bits per heavy atom. The number of aliphatic hydroxyl groups is 1. The first kappa shape index (κ1) is 9.69. The second kappa shape index (κ2) is 4.11. The third kappa shape index (κ3) is 1.68. The molecule has 2 rings (SSSR count). The third-order valence-electron chi connectivity index (χ3n) is 3.08. The first-order chi connectivity index (χ1) is 6.85. The van der Waals surface area contributed by atoms with E-state index in [1.165, 1.54) is 11.1 Å². The van der Waals surface area contributed by atoms with E-state index in [0.29, 0.717) is 6.04 Å². The van der Waals surface area contributed by atoms with E-state index in [2.05, 4.69) is 36.1 Å². The minimum atomic E-state index is 0.266. The molecule has 1 atom stereocenters. The molecule has 2 heteroatoms. The summed E-state index contributed by atoms with van der Waals surface area (Å²) in [7, 11) is 0. The number of fused-ring (bicyclic) bond motifs is 1. The SMILES string of the molecule is CCN1Cc2ccccc2C[C@H]1CO. The smallest absolute Gasteiger partial charge is 0.0590 e. The zero-order chi connectivity index (χ0) is 9.97. The largest absolute Gasteiger partial charge is 0.395 e. The highest BCUT2D eigenvalue weighted by Gasteiger charge is 2.23. The average Bonchev–Trinajstić information content (AvgIpc) is 2.27. The van der Waals surface area contributed by atoms with Crippen molar-refractivity contribution in [2.45, 2.75) is 25.9 Å². The van der Waals surface area contributed by atoms with Crippen molar-refractivity contribution in [3.63, 3.8) is 0 Å². The number of hydrogen-bond donors (Lipinski definition) is 1. The van der Waals surface area contributed by atoms with Crippen molar-refractivity contribution in [2.24, 2.45) is 0 Å². The van der Waals surface area contributed by atoms with Gasteiger partial charge in [0, 0.05) is 12.6 Å². The van der Waals surface area contributed by atoms with Gasteiger partial charge in [0.15, 0.2) is 0 Å². The molecule has 0 amide bonds. The summed E-state index contributed by atoms with van der Waals surface area (Å²) in [5, 5.41) is 9.28. The van der Waals surface area contributed by atoms with Crippen molar-refractivity contribution in [3.05, 3.63) is 35.4 Å². The fourth-order valence-corrected chi connectivity index (χ4v) is 2.19. The monoisotopic (exact) mass is 191 g/mol. The fraction of sp³-hybridized carbons (Fsp3) is 0.500. The van der Waals surface area contributed by atoms with Gasteiger partial charge < -0.3 is 5.11 Å². The van der Waals surface area contributed by atoms with Gasteiger partial charge in [0.25, 0.3) is 0 Å². The molecule has 0 unspecified atom stereocenters. The Kier molecular flexibility index (Phi) is 2.85. The van der Waals surface area contributed by atoms with Crippen molar-refractivity contribution in [1.82, 2.24) is 4.90 Å². The minimum Gasteiger partial charge on any atom is -0.395 e. The van der Waals surface area contributed by atoms with E-state index >= 15 is 0 Å². The molecular weight excluding hydrogens is 174 g/mol. The maximum absolute atomic E-state index is 9.28. The van der Waals surface area contributed by atoms with Crippen molar-refractivity contribution < 1.29 is 5.11 Å². The zero-order valence-corrected chi connectivity index (χ0v) is 8.61. The van der Waals surface area contributed by atoms with E-state index in [1.54, 1.807) is 0 Å². The summed E-state index contributed by atoms with van der Waals surface area (Å²) < 4.78 is 0. The Morgan fingerprint density at radius 2 is 2.07 bits per heavy atom. The Bertz CT molecular complexity index is 280. The van der Waals surface area contributed by atoms with Crippen molar-refractivity contribution in [1.29, 1.82) is 0 Å². The molecule has 14 heavy (non-hydrogen) atoms. The summed E-state index contributed by atoms with van der Waals surface area (Å²) in [4.78, 5) is 2.34. The summed E-state index contributed by atoms with van der Waals surface area (Å²) in [6, 6.07) is 8.84. The average molecular weight is 191 g/mol. The minimum absolute atomic E-state index is 0.266. The number of aliphatic hydroxyl groups excluding tert-OH is 1. The highest BCUT2D eigenvalue weighted by atomic mass is 16.3. The van der Waals surface area contributed by atoms with Crippen LogP contribution in [-0.4, -0.2) is 29.2 Å². The van der Waals surface area contributed by atoms with Gasteiger partial charge in [-0.15, -0.1) is 0 Å². The molecule has 76 valence electrons. The van der Waals surface area contributed by atoms with Crippen LogP contribution in [0.15, 0.2) is 24.3 Å². The van der Waals surface area contributed by atoms with Gasteiger partial charge in [-0.25, -0.2) is 0 Å². The van der Waals surface area contributed by atoms with Crippen LogP contribution in [0.5, 0.6) is 0 Å². The van der Waals surface area contributed by atoms with Crippen LogP contribution in [0.25, 0.3) is 0 Å². The van der Waals surface area contributed by atoms with Crippen molar-refractivity contribution in [3.8, 4) is 0 Å². The van der Waals surface area contributed by atoms with Crippen molar-refractivity contribution in [2.75, 3.05) is 13.2 Å². The van der Waals surface area contributed by atoms with Crippen LogP contribution < -0.4 is 0 Å². The lowest BCUT2D eigenvalue weighted by atomic mass is 9.94. The lowest BCUT2D eigenvalue weighted by Gasteiger charge is -2.35. The molecule has 0 spiro atoms. The Labute approximate surface area is 85.2 Å². The van der Waals surface area contributed by atoms with Crippen LogP contribution in [0.3, 0.4) is 0 Å². The van der Waals surface area contributed by atoms with Crippen molar-refractivity contribution >= 4 is 0 Å². The van der Waals surface area contributed by atoms with Crippen LogP contribution >= 0.6 is 0 Å². The first-order valence-electron chi connectivity index (χ1n) is 5.26. The fourth-order valence-electron chi connectivity index (χ4n) is 2.19. The van der Waals surface area contributed by atoms with Crippen LogP contribution in [0.4, 0.5) is 0 Å². The van der Waals surface area contributed by atoms with Gasteiger partial charge in [-0.3, -0.25) is 4.90 Å². The van der Waals surface area contributed by atoms with E-state index in [9.17, 15) is 5.11 Å². The van der Waals surface area contributed by atoms with E-state index < -0.39 is 0 Å². The molecule has 0 saturated carbocycles. The van der Waals surface area contributed by atoms with Gasteiger partial charge in [-0.1, -0.05) is 31.2 Å². The molecule has 1 heterocycles. The molecule has 0 radical (unpaired) electrons. The Balaban J connectivity index is 2.25. The second-order valence-electron chi connectivity index (χ2n) is 3.87. The zero-order valence-electron chi connectivity index (χ0n) is 8.61. The number of rotatable bonds is 2. The topological polar surface area (TPSA) is 23.5 Å². The maximum atomic E-state index is 9.28. The maximum Gasteiger partial charge on any atom is 0.0590 e. The molecule has 1 aliphatic rings. The van der Waals surface area contributed by atoms with Gasteiger partial charge in [-0.2, -0.15) is 0 Å². The quantitative estimate of drug-likeness (QED) is 0.764. The standard InChI is InChI=1S/C12H17NO/c1-2-13-8-11-6-4-3-5-10(11)7-12(13)9-14/h3-6,12,14H,2,7-9H2,1H3/t12-/m0/s1. The summed E-state index contributed by atoms with van der Waals surface area (Å²) in [5.41, 5.74) is 2.82. The van der Waals surface area contributed by atoms with E-state index in [4.69, 9.17) is 0 Å². The van der Waals surface area contributed by atoms with Gasteiger partial charge in [0.2, 0.25) is 0 Å². The Morgan fingerprint density at radius 1 is 1.36 bits per heavy atom. The molecule has 2 nitrogen and oxygen atoms in total. The predicted octanol–water partition coefficient (Wildman–Crippen LogP) is 1.43. The number of nitrogens with zero attached hydrogens (tertiary/aromatic N) is 1. The molecule has 1 aromatic rings.